The SMILES string of the molecule is CC1CCN(c2noc3cccc(N)c23)CC1. The molecule has 2 N–H and O–H groups in total. The van der Waals surface area contributed by atoms with Gasteiger partial charge in [-0.3, -0.25) is 0 Å². The molecule has 4 nitrogen and oxygen atoms in total. The topological polar surface area (TPSA) is 55.3 Å². The zero-order valence-electron chi connectivity index (χ0n) is 10.0. The third kappa shape index (κ3) is 1.73. The first-order chi connectivity index (χ1) is 8.25. The van der Waals surface area contributed by atoms with Gasteiger partial charge in [0.2, 0.25) is 0 Å². The zero-order valence-corrected chi connectivity index (χ0v) is 10.0. The minimum Gasteiger partial charge on any atom is -0.398 e. The minimum absolute atomic E-state index is 0.748. The maximum Gasteiger partial charge on any atom is 0.182 e. The molecule has 0 saturated carbocycles. The predicted octanol–water partition coefficient (Wildman–Crippen LogP) is 2.65. The summed E-state index contributed by atoms with van der Waals surface area (Å²) in [6, 6.07) is 5.70. The first-order valence-corrected chi connectivity index (χ1v) is 6.14. The van der Waals surface area contributed by atoms with Gasteiger partial charge in [-0.2, -0.15) is 0 Å². The van der Waals surface area contributed by atoms with Gasteiger partial charge in [-0.05, 0) is 30.9 Å². The Hall–Kier alpha value is -1.71. The van der Waals surface area contributed by atoms with Crippen molar-refractivity contribution in [3.05, 3.63) is 18.2 Å². The molecule has 0 atom stereocenters. The zero-order chi connectivity index (χ0) is 11.8. The van der Waals surface area contributed by atoms with Crippen LogP contribution in [-0.4, -0.2) is 18.2 Å². The lowest BCUT2D eigenvalue weighted by Crippen LogP contribution is -2.33. The molecule has 4 heteroatoms. The monoisotopic (exact) mass is 231 g/mol. The van der Waals surface area contributed by atoms with E-state index < -0.39 is 0 Å². The summed E-state index contributed by atoms with van der Waals surface area (Å²) in [5, 5.41) is 5.14. The van der Waals surface area contributed by atoms with Crippen molar-refractivity contribution in [1.29, 1.82) is 0 Å². The Balaban J connectivity index is 2.00. The van der Waals surface area contributed by atoms with Crippen molar-refractivity contribution in [2.45, 2.75) is 19.8 Å². The maximum absolute atomic E-state index is 6.01. The predicted molar refractivity (Wildman–Crippen MR) is 69.0 cm³/mol. The largest absolute Gasteiger partial charge is 0.398 e. The number of aromatic nitrogens is 1. The minimum atomic E-state index is 0.748. The normalized spacial score (nSPS) is 17.8. The molecule has 90 valence electrons. The highest BCUT2D eigenvalue weighted by Gasteiger charge is 2.21. The first-order valence-electron chi connectivity index (χ1n) is 6.14. The van der Waals surface area contributed by atoms with Gasteiger partial charge in [0.1, 0.15) is 0 Å². The molecule has 0 bridgehead atoms. The van der Waals surface area contributed by atoms with Gasteiger partial charge in [0.15, 0.2) is 11.4 Å². The molecule has 3 rings (SSSR count). The van der Waals surface area contributed by atoms with E-state index in [0.29, 0.717) is 0 Å². The van der Waals surface area contributed by atoms with Gasteiger partial charge in [-0.25, -0.2) is 0 Å². The Morgan fingerprint density at radius 1 is 1.35 bits per heavy atom. The Kier molecular flexibility index (Phi) is 2.42. The molecule has 1 aliphatic rings. The number of benzene rings is 1. The highest BCUT2D eigenvalue weighted by Crippen LogP contribution is 2.32. The van der Waals surface area contributed by atoms with Crippen molar-refractivity contribution in [2.75, 3.05) is 23.7 Å². The van der Waals surface area contributed by atoms with Crippen LogP contribution in [0, 0.1) is 5.92 Å². The highest BCUT2D eigenvalue weighted by molar-refractivity contribution is 5.98. The van der Waals surface area contributed by atoms with Gasteiger partial charge in [0.25, 0.3) is 0 Å². The van der Waals surface area contributed by atoms with Crippen LogP contribution in [0.1, 0.15) is 19.8 Å². The second-order valence-corrected chi connectivity index (χ2v) is 4.90. The Morgan fingerprint density at radius 3 is 2.88 bits per heavy atom. The van der Waals surface area contributed by atoms with Crippen molar-refractivity contribution in [3.8, 4) is 0 Å². The second kappa shape index (κ2) is 3.95. The molecule has 0 amide bonds. The molecule has 2 heterocycles. The van der Waals surface area contributed by atoms with E-state index in [4.69, 9.17) is 10.3 Å². The van der Waals surface area contributed by atoms with Crippen LogP contribution in [0.5, 0.6) is 0 Å². The summed E-state index contributed by atoms with van der Waals surface area (Å²) < 4.78 is 5.34. The number of nitrogens with two attached hydrogens (primary N) is 1. The van der Waals surface area contributed by atoms with E-state index >= 15 is 0 Å². The Morgan fingerprint density at radius 2 is 2.12 bits per heavy atom. The fourth-order valence-corrected chi connectivity index (χ4v) is 2.44. The van der Waals surface area contributed by atoms with Crippen LogP contribution < -0.4 is 10.6 Å². The fraction of sp³-hybridized carbons (Fsp3) is 0.462. The van der Waals surface area contributed by atoms with E-state index in [-0.39, 0.29) is 0 Å². The van der Waals surface area contributed by atoms with E-state index in [1.807, 2.05) is 18.2 Å². The van der Waals surface area contributed by atoms with E-state index in [1.54, 1.807) is 0 Å². The second-order valence-electron chi connectivity index (χ2n) is 4.90. The fourth-order valence-electron chi connectivity index (χ4n) is 2.44. The van der Waals surface area contributed by atoms with E-state index in [1.165, 1.54) is 12.8 Å². The van der Waals surface area contributed by atoms with E-state index in [9.17, 15) is 0 Å². The number of hydrogen-bond acceptors (Lipinski definition) is 4. The first kappa shape index (κ1) is 10.4. The van der Waals surface area contributed by atoms with Gasteiger partial charge >= 0.3 is 0 Å². The van der Waals surface area contributed by atoms with Gasteiger partial charge < -0.3 is 15.2 Å². The lowest BCUT2D eigenvalue weighted by Gasteiger charge is -2.30. The molecular formula is C13H17N3O. The van der Waals surface area contributed by atoms with Crippen LogP contribution >= 0.6 is 0 Å². The van der Waals surface area contributed by atoms with Crippen LogP contribution in [0.25, 0.3) is 11.0 Å². The van der Waals surface area contributed by atoms with Crippen LogP contribution in [0.15, 0.2) is 22.7 Å². The molecule has 1 saturated heterocycles. The lowest BCUT2D eigenvalue weighted by atomic mass is 9.99. The third-order valence-corrected chi connectivity index (χ3v) is 3.60. The highest BCUT2D eigenvalue weighted by atomic mass is 16.5. The number of nitrogens with zero attached hydrogens (tertiary/aromatic N) is 2. The number of nitrogen functional groups attached to an aromatic ring is 1. The molecule has 0 unspecified atom stereocenters. The van der Waals surface area contributed by atoms with Gasteiger partial charge in [-0.1, -0.05) is 18.1 Å². The van der Waals surface area contributed by atoms with Crippen LogP contribution in [0.4, 0.5) is 11.5 Å². The number of anilines is 2. The van der Waals surface area contributed by atoms with Crippen LogP contribution in [-0.2, 0) is 0 Å². The summed E-state index contributed by atoms with van der Waals surface area (Å²) in [6.45, 7) is 4.38. The number of piperidine rings is 1. The van der Waals surface area contributed by atoms with Gasteiger partial charge in [0, 0.05) is 18.8 Å². The van der Waals surface area contributed by atoms with Crippen molar-refractivity contribution in [1.82, 2.24) is 5.16 Å². The molecule has 1 aromatic carbocycles. The summed E-state index contributed by atoms with van der Waals surface area (Å²) in [6.07, 6.45) is 2.42. The molecule has 17 heavy (non-hydrogen) atoms. The summed E-state index contributed by atoms with van der Waals surface area (Å²) in [4.78, 5) is 2.28. The van der Waals surface area contributed by atoms with E-state index in [0.717, 1.165) is 41.5 Å². The number of hydrogen-bond donors (Lipinski definition) is 1. The summed E-state index contributed by atoms with van der Waals surface area (Å²) in [5.74, 6) is 1.71. The third-order valence-electron chi connectivity index (χ3n) is 3.60. The van der Waals surface area contributed by atoms with Crippen molar-refractivity contribution < 1.29 is 4.52 Å². The number of fused-ring (bicyclic) bond motifs is 1. The molecule has 0 aliphatic carbocycles. The molecule has 0 radical (unpaired) electrons. The summed E-state index contributed by atoms with van der Waals surface area (Å²) >= 11 is 0. The quantitative estimate of drug-likeness (QED) is 0.766. The van der Waals surface area contributed by atoms with Crippen molar-refractivity contribution >= 4 is 22.5 Å². The molecule has 1 aliphatic heterocycles. The molecule has 2 aromatic rings. The lowest BCUT2D eigenvalue weighted by molar-refractivity contribution is 0.419. The van der Waals surface area contributed by atoms with Crippen molar-refractivity contribution in [3.63, 3.8) is 0 Å². The average molecular weight is 231 g/mol. The molecule has 1 fully saturated rings. The average Bonchev–Trinajstić information content (AvgIpc) is 2.75. The van der Waals surface area contributed by atoms with Crippen molar-refractivity contribution in [2.24, 2.45) is 5.92 Å². The van der Waals surface area contributed by atoms with E-state index in [2.05, 4.69) is 17.0 Å². The molecule has 0 spiro atoms. The summed E-state index contributed by atoms with van der Waals surface area (Å²) in [7, 11) is 0. The van der Waals surface area contributed by atoms with Crippen LogP contribution in [0.2, 0.25) is 0 Å². The van der Waals surface area contributed by atoms with Crippen LogP contribution in [0.3, 0.4) is 0 Å². The summed E-state index contributed by atoms with van der Waals surface area (Å²) in [5.41, 5.74) is 7.53. The smallest absolute Gasteiger partial charge is 0.182 e. The molecular weight excluding hydrogens is 214 g/mol. The molecule has 1 aromatic heterocycles. The Labute approximate surface area is 100 Å². The van der Waals surface area contributed by atoms with Gasteiger partial charge in [-0.15, -0.1) is 0 Å². The number of rotatable bonds is 1. The standard InChI is InChI=1S/C13H17N3O/c1-9-5-7-16(8-6-9)13-12-10(14)3-2-4-11(12)17-15-13/h2-4,9H,5-8,14H2,1H3. The Bertz CT molecular complexity index is 526. The maximum atomic E-state index is 6.01. The van der Waals surface area contributed by atoms with Gasteiger partial charge in [0.05, 0.1) is 5.39 Å².